The maximum atomic E-state index is 12.1. The van der Waals surface area contributed by atoms with E-state index in [1.165, 1.54) is 11.8 Å². The van der Waals surface area contributed by atoms with E-state index in [-0.39, 0.29) is 17.6 Å². The lowest BCUT2D eigenvalue weighted by atomic mass is 9.77. The minimum atomic E-state index is -0.470. The van der Waals surface area contributed by atoms with E-state index in [2.05, 4.69) is 6.07 Å². The highest BCUT2D eigenvalue weighted by molar-refractivity contribution is 8.17. The lowest BCUT2D eigenvalue weighted by Gasteiger charge is -2.31. The molecule has 0 aromatic rings. The first-order valence-electron chi connectivity index (χ1n) is 5.60. The Kier molecular flexibility index (Phi) is 2.96. The van der Waals surface area contributed by atoms with Crippen LogP contribution in [-0.4, -0.2) is 10.8 Å². The number of hydrogen-bond acceptors (Lipinski definition) is 4. The van der Waals surface area contributed by atoms with Crippen LogP contribution in [0.2, 0.25) is 0 Å². The molecule has 88 valence electrons. The Balaban J connectivity index is 2.53. The third-order valence-electron chi connectivity index (χ3n) is 3.27. The van der Waals surface area contributed by atoms with Crippen molar-refractivity contribution in [3.05, 3.63) is 22.1 Å². The number of carbonyl (C=O) groups is 1. The van der Waals surface area contributed by atoms with Gasteiger partial charge in [0.2, 0.25) is 0 Å². The Labute approximate surface area is 105 Å². The first-order chi connectivity index (χ1) is 7.97. The summed E-state index contributed by atoms with van der Waals surface area (Å²) in [7, 11) is 0. The molecule has 0 spiro atoms. The molecule has 2 aliphatic rings. The van der Waals surface area contributed by atoms with Gasteiger partial charge in [0.05, 0.1) is 11.1 Å². The fraction of sp³-hybridized carbons (Fsp3) is 0.462. The topological polar surface area (TPSA) is 64.7 Å². The summed E-state index contributed by atoms with van der Waals surface area (Å²) in [6.45, 7) is 5.80. The maximum Gasteiger partial charge on any atom is 0.186 e. The Morgan fingerprint density at radius 3 is 2.71 bits per heavy atom. The van der Waals surface area contributed by atoms with Gasteiger partial charge in [-0.2, -0.15) is 5.26 Å². The van der Waals surface area contributed by atoms with Crippen molar-refractivity contribution in [2.75, 3.05) is 0 Å². The lowest BCUT2D eigenvalue weighted by molar-refractivity contribution is -0.112. The molecule has 0 aromatic carbocycles. The van der Waals surface area contributed by atoms with Gasteiger partial charge in [0, 0.05) is 16.4 Å². The van der Waals surface area contributed by atoms with Crippen LogP contribution in [0.4, 0.5) is 0 Å². The fourth-order valence-electron chi connectivity index (χ4n) is 2.43. The number of nitrogens with zero attached hydrogens (tertiary/aromatic N) is 1. The predicted molar refractivity (Wildman–Crippen MR) is 68.5 cm³/mol. The van der Waals surface area contributed by atoms with E-state index in [0.717, 1.165) is 16.1 Å². The van der Waals surface area contributed by atoms with Gasteiger partial charge in [-0.15, -0.1) is 0 Å². The first-order valence-corrected chi connectivity index (χ1v) is 6.42. The standard InChI is InChI=1S/C13H14N2OS/c1-6(2)10-8(5-14)13(15)17-9-4-7(3)12(16)11(9)10/h4,6,8,10,15H,1-3H3/t8-,10-/m0/s1. The number of Topliss-reactive ketones (excluding diaryl/α,β-unsaturated/α-hetero) is 1. The molecule has 0 aromatic heterocycles. The fourth-order valence-corrected chi connectivity index (χ4v) is 3.57. The van der Waals surface area contributed by atoms with Crippen LogP contribution in [0.3, 0.4) is 0 Å². The highest BCUT2D eigenvalue weighted by Crippen LogP contribution is 2.46. The molecule has 0 saturated heterocycles. The maximum absolute atomic E-state index is 12.1. The molecule has 0 amide bonds. The number of allylic oxidation sites excluding steroid dienone is 3. The van der Waals surface area contributed by atoms with Gasteiger partial charge in [0.15, 0.2) is 5.78 Å². The zero-order chi connectivity index (χ0) is 12.7. The highest BCUT2D eigenvalue weighted by Gasteiger charge is 2.42. The zero-order valence-electron chi connectivity index (χ0n) is 10.1. The molecular formula is C13H14N2OS. The Bertz CT molecular complexity index is 508. The van der Waals surface area contributed by atoms with Crippen molar-refractivity contribution in [2.45, 2.75) is 20.8 Å². The van der Waals surface area contributed by atoms with Crippen molar-refractivity contribution < 1.29 is 4.79 Å². The van der Waals surface area contributed by atoms with E-state index < -0.39 is 5.92 Å². The second kappa shape index (κ2) is 4.15. The number of nitriles is 1. The van der Waals surface area contributed by atoms with Gasteiger partial charge in [-0.1, -0.05) is 25.6 Å². The number of thioether (sulfide) groups is 1. The zero-order valence-corrected chi connectivity index (χ0v) is 10.9. The van der Waals surface area contributed by atoms with E-state index in [4.69, 9.17) is 5.41 Å². The van der Waals surface area contributed by atoms with Crippen LogP contribution in [0, 0.1) is 34.5 Å². The number of hydrogen-bond donors (Lipinski definition) is 1. The van der Waals surface area contributed by atoms with Gasteiger partial charge in [-0.25, -0.2) is 0 Å². The quantitative estimate of drug-likeness (QED) is 0.773. The molecule has 4 heteroatoms. The Morgan fingerprint density at radius 2 is 2.18 bits per heavy atom. The van der Waals surface area contributed by atoms with Gasteiger partial charge < -0.3 is 0 Å². The molecular weight excluding hydrogens is 232 g/mol. The summed E-state index contributed by atoms with van der Waals surface area (Å²) in [6.07, 6.45) is 1.85. The number of nitrogens with one attached hydrogen (secondary N) is 1. The molecule has 1 aliphatic heterocycles. The Morgan fingerprint density at radius 1 is 1.53 bits per heavy atom. The molecule has 17 heavy (non-hydrogen) atoms. The lowest BCUT2D eigenvalue weighted by Crippen LogP contribution is -2.32. The van der Waals surface area contributed by atoms with Crippen LogP contribution < -0.4 is 0 Å². The normalized spacial score (nSPS) is 28.3. The van der Waals surface area contributed by atoms with Crippen molar-refractivity contribution in [1.29, 1.82) is 10.7 Å². The molecule has 1 aliphatic carbocycles. The smallest absolute Gasteiger partial charge is 0.186 e. The van der Waals surface area contributed by atoms with Crippen molar-refractivity contribution in [1.82, 2.24) is 0 Å². The van der Waals surface area contributed by atoms with E-state index in [9.17, 15) is 10.1 Å². The predicted octanol–water partition coefficient (Wildman–Crippen LogP) is 2.91. The van der Waals surface area contributed by atoms with E-state index in [1.54, 1.807) is 6.92 Å². The van der Waals surface area contributed by atoms with Crippen LogP contribution in [-0.2, 0) is 4.79 Å². The van der Waals surface area contributed by atoms with Crippen LogP contribution >= 0.6 is 11.8 Å². The molecule has 1 N–H and O–H groups in total. The third kappa shape index (κ3) is 1.75. The van der Waals surface area contributed by atoms with Gasteiger partial charge >= 0.3 is 0 Å². The largest absolute Gasteiger partial charge is 0.297 e. The minimum absolute atomic E-state index is 0.0546. The van der Waals surface area contributed by atoms with Crippen LogP contribution in [0.25, 0.3) is 0 Å². The van der Waals surface area contributed by atoms with Crippen LogP contribution in [0.1, 0.15) is 20.8 Å². The third-order valence-corrected chi connectivity index (χ3v) is 4.30. The minimum Gasteiger partial charge on any atom is -0.297 e. The van der Waals surface area contributed by atoms with Crippen LogP contribution in [0.15, 0.2) is 22.1 Å². The number of ketones is 1. The number of rotatable bonds is 1. The van der Waals surface area contributed by atoms with Gasteiger partial charge in [-0.05, 0) is 24.5 Å². The van der Waals surface area contributed by atoms with Crippen molar-refractivity contribution >= 4 is 22.6 Å². The van der Waals surface area contributed by atoms with E-state index >= 15 is 0 Å². The molecule has 0 bridgehead atoms. The molecule has 0 fully saturated rings. The van der Waals surface area contributed by atoms with E-state index in [1.807, 2.05) is 19.9 Å². The average molecular weight is 246 g/mol. The van der Waals surface area contributed by atoms with Gasteiger partial charge in [0.25, 0.3) is 0 Å². The SMILES string of the molecule is CC1=CC2=C(C1=O)[C@@H](C(C)C)[C@H](C#N)C(=N)S2. The summed E-state index contributed by atoms with van der Waals surface area (Å²) < 4.78 is 0. The van der Waals surface area contributed by atoms with Crippen LogP contribution in [0.5, 0.6) is 0 Å². The van der Waals surface area contributed by atoms with Gasteiger partial charge in [0.1, 0.15) is 5.92 Å². The molecule has 0 unspecified atom stereocenters. The second-order valence-electron chi connectivity index (χ2n) is 4.78. The summed E-state index contributed by atoms with van der Waals surface area (Å²) >= 11 is 1.26. The monoisotopic (exact) mass is 246 g/mol. The summed E-state index contributed by atoms with van der Waals surface area (Å²) in [5.41, 5.74) is 1.48. The van der Waals surface area contributed by atoms with Crippen molar-refractivity contribution in [3.63, 3.8) is 0 Å². The molecule has 0 saturated carbocycles. The van der Waals surface area contributed by atoms with E-state index in [0.29, 0.717) is 5.04 Å². The summed E-state index contributed by atoms with van der Waals surface area (Å²) in [5, 5.41) is 17.5. The summed E-state index contributed by atoms with van der Waals surface area (Å²) in [4.78, 5) is 13.0. The highest BCUT2D eigenvalue weighted by atomic mass is 32.2. The second-order valence-corrected chi connectivity index (χ2v) is 5.86. The first kappa shape index (κ1) is 12.1. The molecule has 2 rings (SSSR count). The molecule has 2 atom stereocenters. The van der Waals surface area contributed by atoms with Gasteiger partial charge in [-0.3, -0.25) is 10.2 Å². The van der Waals surface area contributed by atoms with Crippen molar-refractivity contribution in [3.8, 4) is 6.07 Å². The van der Waals surface area contributed by atoms with Crippen molar-refractivity contribution in [2.24, 2.45) is 17.8 Å². The summed E-state index contributed by atoms with van der Waals surface area (Å²) in [6, 6.07) is 2.18. The Hall–Kier alpha value is -1.34. The average Bonchev–Trinajstić information content (AvgIpc) is 2.52. The summed E-state index contributed by atoms with van der Waals surface area (Å²) in [5.74, 6) is -0.361. The molecule has 3 nitrogen and oxygen atoms in total. The number of carbonyl (C=O) groups excluding carboxylic acids is 1. The molecule has 1 heterocycles. The molecule has 0 radical (unpaired) electrons.